The minimum Gasteiger partial charge on any atom is -0.373 e. The Balaban J connectivity index is 1.29. The molecule has 1 aromatic rings. The zero-order valence-electron chi connectivity index (χ0n) is 10.6. The minimum absolute atomic E-state index is 0.302. The molecule has 0 radical (unpaired) electrons. The lowest BCUT2D eigenvalue weighted by molar-refractivity contribution is -0.0185. The van der Waals surface area contributed by atoms with Crippen LogP contribution in [0.15, 0.2) is 17.5 Å². The van der Waals surface area contributed by atoms with E-state index in [1.165, 1.54) is 24.1 Å². The van der Waals surface area contributed by atoms with Crippen LogP contribution in [0.1, 0.15) is 30.6 Å². The molecule has 1 aromatic heterocycles. The first-order valence-corrected chi connectivity index (χ1v) is 7.77. The molecule has 1 saturated heterocycles. The molecular formula is C14H21NO2S. The molecule has 4 heteroatoms. The molecule has 1 N–H and O–H groups in total. The van der Waals surface area contributed by atoms with Gasteiger partial charge in [-0.25, -0.2) is 0 Å². The molecule has 0 aromatic carbocycles. The van der Waals surface area contributed by atoms with E-state index in [0.29, 0.717) is 12.2 Å². The zero-order chi connectivity index (χ0) is 12.2. The van der Waals surface area contributed by atoms with Crippen LogP contribution in [0.4, 0.5) is 0 Å². The molecule has 0 bridgehead atoms. The van der Waals surface area contributed by atoms with Crippen molar-refractivity contribution in [1.29, 1.82) is 0 Å². The molecule has 1 saturated carbocycles. The third kappa shape index (κ3) is 3.79. The number of nitrogens with one attached hydrogen (secondary N) is 1. The Labute approximate surface area is 112 Å². The number of ether oxygens (including phenoxy) is 2. The molecule has 18 heavy (non-hydrogen) atoms. The molecule has 100 valence electrons. The van der Waals surface area contributed by atoms with Crippen LogP contribution in [-0.4, -0.2) is 31.4 Å². The van der Waals surface area contributed by atoms with Crippen molar-refractivity contribution in [2.24, 2.45) is 0 Å². The van der Waals surface area contributed by atoms with Gasteiger partial charge in [0.25, 0.3) is 0 Å². The largest absolute Gasteiger partial charge is 0.373 e. The molecule has 1 aliphatic carbocycles. The van der Waals surface area contributed by atoms with E-state index < -0.39 is 0 Å². The lowest BCUT2D eigenvalue weighted by Gasteiger charge is -2.14. The normalized spacial score (nSPS) is 27.8. The van der Waals surface area contributed by atoms with E-state index in [-0.39, 0.29) is 0 Å². The van der Waals surface area contributed by atoms with Crippen LogP contribution in [0, 0.1) is 0 Å². The van der Waals surface area contributed by atoms with E-state index >= 15 is 0 Å². The predicted octanol–water partition coefficient (Wildman–Crippen LogP) is 2.56. The summed E-state index contributed by atoms with van der Waals surface area (Å²) < 4.78 is 11.7. The summed E-state index contributed by atoms with van der Waals surface area (Å²) in [4.78, 5) is 1.29. The van der Waals surface area contributed by atoms with Gasteiger partial charge in [-0.1, -0.05) is 6.07 Å². The third-order valence-electron chi connectivity index (χ3n) is 3.54. The highest BCUT2D eigenvalue weighted by Crippen LogP contribution is 2.23. The second-order valence-electron chi connectivity index (χ2n) is 5.23. The van der Waals surface area contributed by atoms with Gasteiger partial charge in [0.2, 0.25) is 0 Å². The van der Waals surface area contributed by atoms with Gasteiger partial charge in [-0.05, 0) is 37.1 Å². The van der Waals surface area contributed by atoms with Crippen molar-refractivity contribution in [3.63, 3.8) is 0 Å². The van der Waals surface area contributed by atoms with Gasteiger partial charge in [0, 0.05) is 17.5 Å². The van der Waals surface area contributed by atoms with Crippen molar-refractivity contribution < 1.29 is 9.47 Å². The van der Waals surface area contributed by atoms with Crippen molar-refractivity contribution in [3.05, 3.63) is 22.4 Å². The van der Waals surface area contributed by atoms with Crippen molar-refractivity contribution in [3.8, 4) is 0 Å². The fourth-order valence-electron chi connectivity index (χ4n) is 2.32. The predicted molar refractivity (Wildman–Crippen MR) is 72.9 cm³/mol. The maximum atomic E-state index is 5.97. The van der Waals surface area contributed by atoms with Crippen molar-refractivity contribution >= 4 is 11.3 Å². The van der Waals surface area contributed by atoms with E-state index in [4.69, 9.17) is 9.47 Å². The highest BCUT2D eigenvalue weighted by atomic mass is 32.1. The SMILES string of the molecule is c1csc(COCC2CCC(CNC3CC3)O2)c1. The molecule has 2 fully saturated rings. The Morgan fingerprint density at radius 2 is 2.17 bits per heavy atom. The second kappa shape index (κ2) is 6.15. The van der Waals surface area contributed by atoms with E-state index in [2.05, 4.69) is 22.8 Å². The Hall–Kier alpha value is -0.420. The zero-order valence-corrected chi connectivity index (χ0v) is 11.5. The topological polar surface area (TPSA) is 30.5 Å². The summed E-state index contributed by atoms with van der Waals surface area (Å²) in [5.74, 6) is 0. The van der Waals surface area contributed by atoms with E-state index in [0.717, 1.165) is 32.2 Å². The number of thiophene rings is 1. The monoisotopic (exact) mass is 267 g/mol. The van der Waals surface area contributed by atoms with Crippen LogP contribution in [0.25, 0.3) is 0 Å². The first-order chi connectivity index (χ1) is 8.90. The Morgan fingerprint density at radius 1 is 1.28 bits per heavy atom. The molecule has 2 atom stereocenters. The lowest BCUT2D eigenvalue weighted by Crippen LogP contribution is -2.29. The standard InChI is InChI=1S/C14H21NO2S/c1-2-14(18-7-1)10-16-9-13-6-5-12(17-13)8-15-11-3-4-11/h1-2,7,11-13,15H,3-6,8-10H2. The van der Waals surface area contributed by atoms with Crippen LogP contribution in [0.5, 0.6) is 0 Å². The van der Waals surface area contributed by atoms with E-state index in [1.54, 1.807) is 11.3 Å². The van der Waals surface area contributed by atoms with Crippen LogP contribution < -0.4 is 5.32 Å². The summed E-state index contributed by atoms with van der Waals surface area (Å²) in [5.41, 5.74) is 0. The van der Waals surface area contributed by atoms with Crippen LogP contribution >= 0.6 is 11.3 Å². The smallest absolute Gasteiger partial charge is 0.0814 e. The van der Waals surface area contributed by atoms with Gasteiger partial charge in [0.15, 0.2) is 0 Å². The summed E-state index contributed by atoms with van der Waals surface area (Å²) in [6, 6.07) is 4.96. The van der Waals surface area contributed by atoms with Gasteiger partial charge in [0.1, 0.15) is 0 Å². The molecule has 0 spiro atoms. The number of rotatable bonds is 7. The van der Waals surface area contributed by atoms with Crippen LogP contribution in [-0.2, 0) is 16.1 Å². The molecule has 2 aliphatic rings. The third-order valence-corrected chi connectivity index (χ3v) is 4.39. The Morgan fingerprint density at radius 3 is 2.94 bits per heavy atom. The first-order valence-electron chi connectivity index (χ1n) is 6.89. The summed E-state index contributed by atoms with van der Waals surface area (Å²) in [7, 11) is 0. The molecule has 3 nitrogen and oxygen atoms in total. The van der Waals surface area contributed by atoms with Crippen molar-refractivity contribution in [1.82, 2.24) is 5.32 Å². The van der Waals surface area contributed by atoms with E-state index in [9.17, 15) is 0 Å². The van der Waals surface area contributed by atoms with Crippen LogP contribution in [0.3, 0.4) is 0 Å². The average molecular weight is 267 g/mol. The second-order valence-corrected chi connectivity index (χ2v) is 6.27. The van der Waals surface area contributed by atoms with Gasteiger partial charge in [-0.15, -0.1) is 11.3 Å². The quantitative estimate of drug-likeness (QED) is 0.823. The maximum absolute atomic E-state index is 5.97. The summed E-state index contributed by atoms with van der Waals surface area (Å²) in [6.07, 6.45) is 5.71. The highest BCUT2D eigenvalue weighted by Gasteiger charge is 2.27. The molecular weight excluding hydrogens is 246 g/mol. The molecule has 1 aliphatic heterocycles. The maximum Gasteiger partial charge on any atom is 0.0814 e. The fourth-order valence-corrected chi connectivity index (χ4v) is 2.96. The summed E-state index contributed by atoms with van der Waals surface area (Å²) in [6.45, 7) is 2.48. The van der Waals surface area contributed by atoms with Crippen LogP contribution in [0.2, 0.25) is 0 Å². The first kappa shape index (κ1) is 12.6. The Bertz CT molecular complexity index is 351. The molecule has 3 rings (SSSR count). The van der Waals surface area contributed by atoms with Crippen molar-refractivity contribution in [2.75, 3.05) is 13.2 Å². The molecule has 0 amide bonds. The molecule has 2 heterocycles. The summed E-state index contributed by atoms with van der Waals surface area (Å²) in [5, 5.41) is 5.62. The van der Waals surface area contributed by atoms with Gasteiger partial charge in [-0.2, -0.15) is 0 Å². The summed E-state index contributed by atoms with van der Waals surface area (Å²) >= 11 is 1.75. The van der Waals surface area contributed by atoms with Gasteiger partial charge >= 0.3 is 0 Å². The number of hydrogen-bond acceptors (Lipinski definition) is 4. The highest BCUT2D eigenvalue weighted by molar-refractivity contribution is 7.09. The lowest BCUT2D eigenvalue weighted by atomic mass is 10.2. The van der Waals surface area contributed by atoms with E-state index in [1.807, 2.05) is 0 Å². The van der Waals surface area contributed by atoms with Gasteiger partial charge in [0.05, 0.1) is 25.4 Å². The Kier molecular flexibility index (Phi) is 4.31. The van der Waals surface area contributed by atoms with Gasteiger partial charge < -0.3 is 14.8 Å². The fraction of sp³-hybridized carbons (Fsp3) is 0.714. The molecule has 2 unspecified atom stereocenters. The van der Waals surface area contributed by atoms with Crippen molar-refractivity contribution in [2.45, 2.75) is 50.5 Å². The van der Waals surface area contributed by atoms with Gasteiger partial charge in [-0.3, -0.25) is 0 Å². The minimum atomic E-state index is 0.302. The number of hydrogen-bond donors (Lipinski definition) is 1. The average Bonchev–Trinajstić information content (AvgIpc) is 2.89.